The van der Waals surface area contributed by atoms with Crippen LogP contribution in [-0.2, 0) is 0 Å². The molecule has 0 saturated heterocycles. The summed E-state index contributed by atoms with van der Waals surface area (Å²) < 4.78 is 0. The fourth-order valence-electron chi connectivity index (χ4n) is 8.51. The summed E-state index contributed by atoms with van der Waals surface area (Å²) in [6.45, 7) is 12.3. The third-order valence-electron chi connectivity index (χ3n) is 10.9. The van der Waals surface area contributed by atoms with Gasteiger partial charge in [-0.1, -0.05) is 0 Å². The summed E-state index contributed by atoms with van der Waals surface area (Å²) in [6, 6.07) is 16.4. The minimum Gasteiger partial charge on any atom is -0.506 e. The molecule has 0 fully saturated rings. The van der Waals surface area contributed by atoms with Crippen LogP contribution >= 0.6 is 0 Å². The summed E-state index contributed by atoms with van der Waals surface area (Å²) >= 11 is 0. The normalized spacial score (nSPS) is 12.6. The van der Waals surface area contributed by atoms with Crippen molar-refractivity contribution in [1.29, 1.82) is 0 Å². The Bertz CT molecular complexity index is 3060. The molecule has 6 N–H and O–H groups in total. The number of rotatable bonds is 0. The first-order valence-corrected chi connectivity index (χ1v) is 17.4. The van der Waals surface area contributed by atoms with Crippen molar-refractivity contribution in [2.24, 2.45) is 0 Å². The summed E-state index contributed by atoms with van der Waals surface area (Å²) in [5, 5.41) is 30.2. The molecule has 0 spiro atoms. The van der Waals surface area contributed by atoms with Gasteiger partial charge in [0.05, 0.1) is 65.7 Å². The molecule has 11 rings (SSSR count). The molecule has 0 amide bonds. The number of aryl methyl sites for hydroxylation is 6. The van der Waals surface area contributed by atoms with Gasteiger partial charge in [-0.25, -0.2) is 19.9 Å². The van der Waals surface area contributed by atoms with E-state index in [0.717, 1.165) is 99.1 Å². The molecular weight excluding hydrogens is 649 g/mol. The molecule has 11 aromatic rings. The third kappa shape index (κ3) is 3.67. The zero-order chi connectivity index (χ0) is 35.5. The zero-order valence-corrected chi connectivity index (χ0v) is 29.3. The lowest BCUT2D eigenvalue weighted by Crippen LogP contribution is -1.86. The Labute approximate surface area is 294 Å². The van der Waals surface area contributed by atoms with Crippen molar-refractivity contribution in [1.82, 2.24) is 39.9 Å². The number of hydrogen-bond donors (Lipinski definition) is 6. The van der Waals surface area contributed by atoms with Crippen LogP contribution in [0.15, 0.2) is 48.5 Å². The van der Waals surface area contributed by atoms with Crippen LogP contribution in [0.25, 0.3) is 110 Å². The predicted octanol–water partition coefficient (Wildman–Crippen LogP) is 9.93. The Morgan fingerprint density at radius 1 is 0.385 bits per heavy atom. The smallest absolute Gasteiger partial charge is 0.142 e. The van der Waals surface area contributed by atoms with Gasteiger partial charge in [-0.05, 0) is 134 Å². The van der Waals surface area contributed by atoms with Gasteiger partial charge in [0.15, 0.2) is 0 Å². The van der Waals surface area contributed by atoms with Crippen LogP contribution in [0.2, 0.25) is 0 Å². The molecule has 0 atom stereocenters. The third-order valence-corrected chi connectivity index (χ3v) is 10.9. The average molecular weight is 681 g/mol. The molecule has 252 valence electrons. The molecule has 0 unspecified atom stereocenters. The van der Waals surface area contributed by atoms with Crippen molar-refractivity contribution in [2.75, 3.05) is 0 Å². The van der Waals surface area contributed by atoms with Gasteiger partial charge >= 0.3 is 0 Å². The van der Waals surface area contributed by atoms with Gasteiger partial charge in [0.1, 0.15) is 34.1 Å². The molecule has 0 saturated carbocycles. The number of hydrogen-bond acceptors (Lipinski definition) is 6. The number of aromatic amines is 4. The van der Waals surface area contributed by atoms with E-state index in [1.165, 1.54) is 0 Å². The van der Waals surface area contributed by atoms with Crippen LogP contribution in [0.3, 0.4) is 0 Å². The van der Waals surface area contributed by atoms with Crippen molar-refractivity contribution in [3.63, 3.8) is 0 Å². The first-order chi connectivity index (χ1) is 25.0. The van der Waals surface area contributed by atoms with Gasteiger partial charge in [-0.15, -0.1) is 0 Å². The number of H-pyrrole nitrogens is 4. The SMILES string of the molecule is Cc1cc2c(O)c(c1)c1nc3c([nH]1)c(C)cc1cc(C)c4[nH]c(nc4c13)c1cc(C)cc(c1O)c1nc3c([nH]1)c(C)cc1cc(C)c4[nH]c2nc4c13. The number of imidazole rings is 4. The molecule has 0 aliphatic carbocycles. The second-order valence-corrected chi connectivity index (χ2v) is 14.6. The molecule has 10 nitrogen and oxygen atoms in total. The maximum atomic E-state index is 12.0. The molecule has 52 heavy (non-hydrogen) atoms. The highest BCUT2D eigenvalue weighted by Gasteiger charge is 2.20. The molecular formula is C42H32N8O2. The van der Waals surface area contributed by atoms with Gasteiger partial charge < -0.3 is 30.1 Å². The summed E-state index contributed by atoms with van der Waals surface area (Å²) in [6.07, 6.45) is 0. The van der Waals surface area contributed by atoms with Crippen molar-refractivity contribution in [2.45, 2.75) is 41.5 Å². The minimum absolute atomic E-state index is 0.0810. The first-order valence-electron chi connectivity index (χ1n) is 17.4. The summed E-state index contributed by atoms with van der Waals surface area (Å²) in [7, 11) is 0. The minimum atomic E-state index is 0.0810. The van der Waals surface area contributed by atoms with E-state index in [2.05, 4.69) is 71.9 Å². The van der Waals surface area contributed by atoms with Crippen LogP contribution in [0, 0.1) is 41.5 Å². The maximum absolute atomic E-state index is 12.0. The highest BCUT2D eigenvalue weighted by molar-refractivity contribution is 6.22. The van der Waals surface area contributed by atoms with E-state index in [4.69, 9.17) is 19.9 Å². The van der Waals surface area contributed by atoms with Gasteiger partial charge in [-0.2, -0.15) is 0 Å². The standard InChI is InChI=1S/C42H32N8O2/c1-15-7-23-37(51)24(8-15)40-44-30-18(4)12-22-14-20(6)32-36(28(22)34(30)48-40)50-42(46-32)26-10-16(2)9-25(38(26)52)41-45-31-19(5)13-21-11-17(3)29-33(47-39(23)43-29)27(21)35(31)49-41/h7-14,51-52H,1-6H3,(H,43,47)(H,44,48)(H,45,49)(H,46,50). The molecule has 6 aromatic carbocycles. The molecule has 10 heteroatoms. The summed E-state index contributed by atoms with van der Waals surface area (Å²) in [4.78, 5) is 34.9. The topological polar surface area (TPSA) is 155 Å². The Balaban J connectivity index is 1.46. The Morgan fingerprint density at radius 3 is 0.885 bits per heavy atom. The summed E-state index contributed by atoms with van der Waals surface area (Å²) in [5.41, 5.74) is 14.7. The molecule has 12 bridgehead atoms. The second-order valence-electron chi connectivity index (χ2n) is 14.6. The molecule has 0 aliphatic rings. The van der Waals surface area contributed by atoms with Crippen LogP contribution in [0.5, 0.6) is 11.5 Å². The van der Waals surface area contributed by atoms with Crippen LogP contribution in [0.4, 0.5) is 0 Å². The van der Waals surface area contributed by atoms with Crippen LogP contribution in [0.1, 0.15) is 33.4 Å². The molecule has 0 radical (unpaired) electrons. The zero-order valence-electron chi connectivity index (χ0n) is 29.3. The molecule has 0 aliphatic heterocycles. The van der Waals surface area contributed by atoms with E-state index in [9.17, 15) is 10.2 Å². The monoisotopic (exact) mass is 680 g/mol. The van der Waals surface area contributed by atoms with Crippen LogP contribution < -0.4 is 0 Å². The number of phenols is 2. The average Bonchev–Trinajstić information content (AvgIpc) is 3.91. The van der Waals surface area contributed by atoms with Crippen LogP contribution in [-0.4, -0.2) is 50.1 Å². The lowest BCUT2D eigenvalue weighted by Gasteiger charge is -2.05. The Kier molecular flexibility index (Phi) is 5.34. The second kappa shape index (κ2) is 9.55. The number of nitrogens with zero attached hydrogens (tertiary/aromatic N) is 4. The summed E-state index contributed by atoms with van der Waals surface area (Å²) in [5.74, 6) is 0.162. The van der Waals surface area contributed by atoms with E-state index in [0.29, 0.717) is 44.1 Å². The number of nitrogens with one attached hydrogen (secondary N) is 4. The number of fused-ring (bicyclic) bond motifs is 12. The van der Waals surface area contributed by atoms with Crippen molar-refractivity contribution >= 4 is 110 Å². The first kappa shape index (κ1) is 29.1. The van der Waals surface area contributed by atoms with Gasteiger partial charge in [0.25, 0.3) is 0 Å². The molecule has 5 heterocycles. The number of aromatic nitrogens is 8. The van der Waals surface area contributed by atoms with Gasteiger partial charge in [-0.3, -0.25) is 0 Å². The van der Waals surface area contributed by atoms with E-state index in [1.807, 2.05) is 38.1 Å². The van der Waals surface area contributed by atoms with E-state index < -0.39 is 0 Å². The van der Waals surface area contributed by atoms with Gasteiger partial charge in [0.2, 0.25) is 0 Å². The number of benzene rings is 6. The number of phenolic OH excluding ortho intramolecular Hbond substituents is 2. The van der Waals surface area contributed by atoms with E-state index in [-0.39, 0.29) is 11.5 Å². The Morgan fingerprint density at radius 2 is 0.635 bits per heavy atom. The highest BCUT2D eigenvalue weighted by atomic mass is 16.3. The largest absolute Gasteiger partial charge is 0.506 e. The van der Waals surface area contributed by atoms with E-state index in [1.54, 1.807) is 0 Å². The number of aromatic hydroxyl groups is 2. The lowest BCUT2D eigenvalue weighted by molar-refractivity contribution is 0.487. The maximum Gasteiger partial charge on any atom is 0.142 e. The highest BCUT2D eigenvalue weighted by Crippen LogP contribution is 2.40. The lowest BCUT2D eigenvalue weighted by atomic mass is 10.0. The van der Waals surface area contributed by atoms with Crippen molar-refractivity contribution in [3.8, 4) is 11.5 Å². The molecule has 5 aromatic heterocycles. The fraction of sp³-hybridized carbons (Fsp3) is 0.143. The van der Waals surface area contributed by atoms with Gasteiger partial charge in [0, 0.05) is 10.8 Å². The Hall–Kier alpha value is -6.68. The van der Waals surface area contributed by atoms with Crippen molar-refractivity contribution < 1.29 is 10.2 Å². The fourth-order valence-corrected chi connectivity index (χ4v) is 8.51. The van der Waals surface area contributed by atoms with Crippen molar-refractivity contribution in [3.05, 3.63) is 81.9 Å². The quantitative estimate of drug-likeness (QED) is 0.0937. The predicted molar refractivity (Wildman–Crippen MR) is 211 cm³/mol. The van der Waals surface area contributed by atoms with E-state index >= 15 is 0 Å².